The number of rotatable bonds is 3. The van der Waals surface area contributed by atoms with Crippen molar-refractivity contribution in [3.05, 3.63) is 57.6 Å². The van der Waals surface area contributed by atoms with Gasteiger partial charge in [0, 0.05) is 28.7 Å². The third-order valence-corrected chi connectivity index (χ3v) is 8.54. The van der Waals surface area contributed by atoms with Gasteiger partial charge in [0.25, 0.3) is 11.8 Å². The summed E-state index contributed by atoms with van der Waals surface area (Å²) in [5.41, 5.74) is 1.41. The Morgan fingerprint density at radius 2 is 1.57 bits per heavy atom. The Morgan fingerprint density at radius 1 is 0.925 bits per heavy atom. The van der Waals surface area contributed by atoms with Crippen LogP contribution in [-0.2, 0) is 9.47 Å². The number of hydroxylamine groups is 2. The molecule has 0 saturated carbocycles. The lowest BCUT2D eigenvalue weighted by molar-refractivity contribution is -0.255. The maximum Gasteiger partial charge on any atom is 0.286 e. The van der Waals surface area contributed by atoms with Crippen LogP contribution in [0.2, 0.25) is 10.0 Å². The number of benzene rings is 3. The molecule has 5 aromatic rings. The van der Waals surface area contributed by atoms with Crippen molar-refractivity contribution < 1.29 is 39.6 Å². The number of aromatic amines is 1. The molecule has 2 aromatic heterocycles. The second-order valence-corrected chi connectivity index (χ2v) is 10.7. The lowest BCUT2D eigenvalue weighted by Gasteiger charge is -2.42. The van der Waals surface area contributed by atoms with Crippen LogP contribution >= 0.6 is 23.2 Å². The first-order valence-corrected chi connectivity index (χ1v) is 13.1. The minimum Gasteiger partial charge on any atom is -0.394 e. The van der Waals surface area contributed by atoms with E-state index in [4.69, 9.17) is 32.7 Å². The van der Waals surface area contributed by atoms with Crippen LogP contribution in [0.5, 0.6) is 0 Å². The highest BCUT2D eigenvalue weighted by Crippen LogP contribution is 2.48. The topological polar surface area (TPSA) is 157 Å². The van der Waals surface area contributed by atoms with Crippen LogP contribution in [0.15, 0.2) is 36.4 Å². The van der Waals surface area contributed by atoms with Gasteiger partial charge in [0.15, 0.2) is 6.23 Å². The number of nitrogens with zero attached hydrogens (tertiary/aromatic N) is 2. The molecule has 40 heavy (non-hydrogen) atoms. The number of carbonyl (C=O) groups is 2. The van der Waals surface area contributed by atoms with Crippen molar-refractivity contribution in [3.8, 4) is 0 Å². The molecule has 2 amide bonds. The zero-order valence-electron chi connectivity index (χ0n) is 20.6. The summed E-state index contributed by atoms with van der Waals surface area (Å²) in [6, 6.07) is 10.0. The van der Waals surface area contributed by atoms with Gasteiger partial charge in [-0.3, -0.25) is 14.8 Å². The van der Waals surface area contributed by atoms with Crippen molar-refractivity contribution in [3.63, 3.8) is 0 Å². The number of hydrogen-bond donors (Lipinski definition) is 5. The van der Waals surface area contributed by atoms with E-state index < -0.39 is 49.1 Å². The monoisotopic (exact) mass is 585 g/mol. The molecule has 0 aliphatic carbocycles. The number of aliphatic hydroxyl groups is 3. The number of carbonyl (C=O) groups excluding carboxylic acids is 2. The molecule has 2 aliphatic rings. The van der Waals surface area contributed by atoms with E-state index in [1.165, 1.54) is 7.11 Å². The summed E-state index contributed by atoms with van der Waals surface area (Å²) >= 11 is 13.2. The number of methoxy groups -OCH3 is 1. The Kier molecular flexibility index (Phi) is 5.70. The van der Waals surface area contributed by atoms with E-state index in [2.05, 4.69) is 4.98 Å². The summed E-state index contributed by atoms with van der Waals surface area (Å²) in [6.07, 6.45) is -6.40. The predicted molar refractivity (Wildman–Crippen MR) is 145 cm³/mol. The van der Waals surface area contributed by atoms with Crippen molar-refractivity contribution in [1.29, 1.82) is 0 Å². The molecule has 0 radical (unpaired) electrons. The Hall–Kier alpha value is -3.26. The van der Waals surface area contributed by atoms with Crippen LogP contribution < -0.4 is 0 Å². The molecule has 5 atom stereocenters. The molecule has 2 aliphatic heterocycles. The van der Waals surface area contributed by atoms with Gasteiger partial charge in [-0.25, -0.2) is 0 Å². The first-order chi connectivity index (χ1) is 19.2. The number of H-pyrrole nitrogens is 1. The summed E-state index contributed by atoms with van der Waals surface area (Å²) in [6.45, 7) is -0.525. The molecule has 11 nitrogen and oxygen atoms in total. The number of aliphatic hydroxyl groups excluding tert-OH is 3. The number of aromatic nitrogens is 2. The third-order valence-electron chi connectivity index (χ3n) is 7.92. The number of ether oxygens (including phenoxy) is 2. The van der Waals surface area contributed by atoms with Crippen molar-refractivity contribution in [2.45, 2.75) is 30.6 Å². The number of fused-ring (bicyclic) bond motifs is 10. The van der Waals surface area contributed by atoms with Crippen LogP contribution in [0.1, 0.15) is 26.9 Å². The number of halogens is 2. The smallest absolute Gasteiger partial charge is 0.286 e. The Balaban J connectivity index is 1.72. The molecular formula is C27H21Cl2N3O8. The summed E-state index contributed by atoms with van der Waals surface area (Å²) < 4.78 is 13.0. The average Bonchev–Trinajstić information content (AvgIpc) is 3.56. The SMILES string of the molecule is CO[C@H]1[C@H](O)[C@@H](O)[C@H](n2c3c(Cl)cccc3c3c4c(c5c6cccc(Cl)c6[nH]c5c32)C(=O)N(O)C4=O)O[C@@H]1CO. The fraction of sp³-hybridized carbons (Fsp3) is 0.259. The zero-order chi connectivity index (χ0) is 28.2. The minimum absolute atomic E-state index is 0.0135. The first-order valence-electron chi connectivity index (χ1n) is 12.3. The van der Waals surface area contributed by atoms with E-state index in [9.17, 15) is 30.1 Å². The van der Waals surface area contributed by atoms with Crippen LogP contribution in [0, 0.1) is 0 Å². The normalized spacial score (nSPS) is 25.3. The van der Waals surface area contributed by atoms with Gasteiger partial charge < -0.3 is 34.3 Å². The molecule has 0 unspecified atom stereocenters. The number of imide groups is 1. The van der Waals surface area contributed by atoms with E-state index >= 15 is 0 Å². The largest absolute Gasteiger partial charge is 0.394 e. The molecule has 3 aromatic carbocycles. The van der Waals surface area contributed by atoms with E-state index in [-0.39, 0.29) is 26.6 Å². The Bertz CT molecular complexity index is 1910. The fourth-order valence-corrected chi connectivity index (χ4v) is 6.73. The molecule has 1 saturated heterocycles. The van der Waals surface area contributed by atoms with Gasteiger partial charge in [-0.15, -0.1) is 5.06 Å². The Morgan fingerprint density at radius 3 is 2.25 bits per heavy atom. The van der Waals surface area contributed by atoms with Crippen LogP contribution in [0.25, 0.3) is 43.6 Å². The predicted octanol–water partition coefficient (Wildman–Crippen LogP) is 3.35. The number of hydrogen-bond acceptors (Lipinski definition) is 8. The molecule has 0 bridgehead atoms. The maximum atomic E-state index is 13.4. The van der Waals surface area contributed by atoms with Crippen LogP contribution in [0.4, 0.5) is 0 Å². The van der Waals surface area contributed by atoms with E-state index in [0.29, 0.717) is 43.2 Å². The highest BCUT2D eigenvalue weighted by Gasteiger charge is 2.48. The minimum atomic E-state index is -1.56. The van der Waals surface area contributed by atoms with Gasteiger partial charge in [0.05, 0.1) is 49.8 Å². The van der Waals surface area contributed by atoms with E-state index in [0.717, 1.165) is 0 Å². The van der Waals surface area contributed by atoms with E-state index in [1.54, 1.807) is 41.0 Å². The molecular weight excluding hydrogens is 565 g/mol. The lowest BCUT2D eigenvalue weighted by atomic mass is 9.96. The van der Waals surface area contributed by atoms with Gasteiger partial charge in [-0.2, -0.15) is 0 Å². The van der Waals surface area contributed by atoms with Crippen molar-refractivity contribution >= 4 is 78.6 Å². The number of amides is 2. The highest BCUT2D eigenvalue weighted by atomic mass is 35.5. The standard InChI is InChI=1S/C27H21Cl2N3O8/c1-39-24-13(8-33)40-27(23(35)22(24)34)31-20-10(5-3-7-12(20)29)15-17-16(25(36)32(38)26(17)37)14-9-4-2-6-11(28)18(9)30-19(14)21(15)31/h2-7,13,22-24,27,30,33-35,38H,8H2,1H3/t13-,22-,23-,24-,27-/m1/s1. The number of para-hydroxylation sites is 2. The average molecular weight is 586 g/mol. The van der Waals surface area contributed by atoms with Gasteiger partial charge in [0.2, 0.25) is 0 Å². The molecule has 5 N–H and O–H groups in total. The van der Waals surface area contributed by atoms with Gasteiger partial charge in [0.1, 0.15) is 24.4 Å². The fourth-order valence-electron chi connectivity index (χ4n) is 6.25. The summed E-state index contributed by atoms with van der Waals surface area (Å²) in [5.74, 6) is -1.83. The van der Waals surface area contributed by atoms with Gasteiger partial charge >= 0.3 is 0 Å². The molecule has 0 spiro atoms. The summed E-state index contributed by atoms with van der Waals surface area (Å²) in [5, 5.41) is 45.0. The second kappa shape index (κ2) is 8.87. The van der Waals surface area contributed by atoms with Gasteiger partial charge in [-0.1, -0.05) is 47.5 Å². The quantitative estimate of drug-likeness (QED) is 0.159. The third kappa shape index (κ3) is 3.11. The van der Waals surface area contributed by atoms with Gasteiger partial charge in [-0.05, 0) is 12.1 Å². The second-order valence-electron chi connectivity index (χ2n) is 9.87. The first kappa shape index (κ1) is 25.7. The van der Waals surface area contributed by atoms with E-state index in [1.807, 2.05) is 0 Å². The zero-order valence-corrected chi connectivity index (χ0v) is 22.1. The summed E-state index contributed by atoms with van der Waals surface area (Å²) in [7, 11) is 1.33. The van der Waals surface area contributed by atoms with Crippen LogP contribution in [-0.4, -0.2) is 85.1 Å². The van der Waals surface area contributed by atoms with Crippen molar-refractivity contribution in [2.24, 2.45) is 0 Å². The lowest BCUT2D eigenvalue weighted by Crippen LogP contribution is -2.57. The molecule has 13 heteroatoms. The van der Waals surface area contributed by atoms with Crippen LogP contribution in [0.3, 0.4) is 0 Å². The molecule has 206 valence electrons. The molecule has 4 heterocycles. The number of nitrogens with one attached hydrogen (secondary N) is 1. The maximum absolute atomic E-state index is 13.4. The highest BCUT2D eigenvalue weighted by molar-refractivity contribution is 6.43. The van der Waals surface area contributed by atoms with Crippen molar-refractivity contribution in [1.82, 2.24) is 14.6 Å². The molecule has 7 rings (SSSR count). The summed E-state index contributed by atoms with van der Waals surface area (Å²) in [4.78, 5) is 30.0. The Labute approximate surface area is 234 Å². The molecule has 1 fully saturated rings. The van der Waals surface area contributed by atoms with Crippen molar-refractivity contribution in [2.75, 3.05) is 13.7 Å².